The van der Waals surface area contributed by atoms with Crippen molar-refractivity contribution in [2.75, 3.05) is 19.0 Å². The molecule has 0 spiro atoms. The van der Waals surface area contributed by atoms with Crippen molar-refractivity contribution in [1.82, 2.24) is 14.6 Å². The zero-order valence-corrected chi connectivity index (χ0v) is 26.4. The van der Waals surface area contributed by atoms with Crippen LogP contribution in [0.15, 0.2) is 21.9 Å². The second-order valence-electron chi connectivity index (χ2n) is 10.0. The summed E-state index contributed by atoms with van der Waals surface area (Å²) in [5.41, 5.74) is -2.02. The molecule has 1 aromatic heterocycles. The number of aromatic amines is 1. The van der Waals surface area contributed by atoms with Crippen molar-refractivity contribution in [3.8, 4) is 0 Å². The van der Waals surface area contributed by atoms with Gasteiger partial charge < -0.3 is 23.6 Å². The Labute approximate surface area is 245 Å². The summed E-state index contributed by atoms with van der Waals surface area (Å²) in [6.07, 6.45) is -3.32. The fraction of sp³-hybridized carbons (Fsp3) is 0.727. The number of aromatic nitrogens is 2. The molecule has 2 heterocycles. The number of halogens is 2. The van der Waals surface area contributed by atoms with Crippen LogP contribution in [0, 0.1) is 5.41 Å². The van der Waals surface area contributed by atoms with Crippen molar-refractivity contribution < 1.29 is 33.2 Å². The second-order valence-corrected chi connectivity index (χ2v) is 15.7. The van der Waals surface area contributed by atoms with Gasteiger partial charge in [-0.05, 0) is 32.6 Å². The number of alkyl halides is 2. The maximum atomic E-state index is 12.4. The number of H-pyrrole nitrogens is 1. The Morgan fingerprint density at radius 2 is 1.95 bits per heavy atom. The molecule has 0 bridgehead atoms. The number of rotatable bonds is 12. The van der Waals surface area contributed by atoms with Gasteiger partial charge in [0.2, 0.25) is 0 Å². The van der Waals surface area contributed by atoms with E-state index in [2.05, 4.69) is 10.1 Å². The summed E-state index contributed by atoms with van der Waals surface area (Å²) >= 11 is 19.4. The zero-order valence-electron chi connectivity index (χ0n) is 22.3. The predicted octanol–water partition coefficient (Wildman–Crippen LogP) is 2.46. The number of carbonyl (C=O) groups excluding carboxylic acids is 2. The lowest BCUT2D eigenvalue weighted by Gasteiger charge is -2.28. The average Bonchev–Trinajstić information content (AvgIpc) is 3.03. The van der Waals surface area contributed by atoms with E-state index in [4.69, 9.17) is 53.5 Å². The molecule has 1 aliphatic heterocycles. The van der Waals surface area contributed by atoms with Crippen LogP contribution >= 0.6 is 41.6 Å². The van der Waals surface area contributed by atoms with Crippen LogP contribution in [0.1, 0.15) is 47.8 Å². The number of ether oxygens (including phenoxy) is 2. The van der Waals surface area contributed by atoms with E-state index >= 15 is 0 Å². The van der Waals surface area contributed by atoms with E-state index in [1.165, 1.54) is 6.92 Å². The molecule has 17 heteroatoms. The number of nitrogens with zero attached hydrogens (tertiary/aromatic N) is 1. The third-order valence-corrected chi connectivity index (χ3v) is 9.87. The topological polar surface area (TPSA) is 158 Å². The van der Waals surface area contributed by atoms with E-state index < -0.39 is 58.1 Å². The largest absolute Gasteiger partial charge is 0.462 e. The lowest BCUT2D eigenvalue weighted by Crippen LogP contribution is -2.41. The van der Waals surface area contributed by atoms with Gasteiger partial charge in [0.05, 0.1) is 19.3 Å². The second kappa shape index (κ2) is 13.9. The maximum absolute atomic E-state index is 12.4. The number of nitrogens with one attached hydrogen (secondary N) is 2. The molecule has 0 saturated carbocycles. The van der Waals surface area contributed by atoms with Crippen LogP contribution in [0.3, 0.4) is 0 Å². The maximum Gasteiger partial charge on any atom is 0.330 e. The third kappa shape index (κ3) is 9.63. The summed E-state index contributed by atoms with van der Waals surface area (Å²) in [5, 5.41) is 13.6. The molecular weight excluding hydrogens is 616 g/mol. The molecule has 1 aliphatic rings. The zero-order chi connectivity index (χ0) is 29.8. The molecular formula is C22H34Cl2N3O9PS2. The SMILES string of the molecule is CC(C)OC(=O)C(C)NP(=S)(OCCSC(=O)C(C)(C)C)OCC1OC(n2ccc(=O)[nH]c2=O)C(Cl)(Cl)C1O. The Kier molecular flexibility index (Phi) is 12.3. The highest BCUT2D eigenvalue weighted by molar-refractivity contribution is 8.13. The first kappa shape index (κ1) is 34.4. The molecule has 1 saturated heterocycles. The monoisotopic (exact) mass is 649 g/mol. The summed E-state index contributed by atoms with van der Waals surface area (Å²) in [6, 6.07) is 0.159. The van der Waals surface area contributed by atoms with Gasteiger partial charge >= 0.3 is 11.7 Å². The van der Waals surface area contributed by atoms with Gasteiger partial charge in [-0.2, -0.15) is 0 Å². The van der Waals surface area contributed by atoms with Gasteiger partial charge in [0, 0.05) is 23.4 Å². The first-order valence-electron chi connectivity index (χ1n) is 11.9. The Bertz CT molecular complexity index is 1190. The molecule has 3 N–H and O–H groups in total. The van der Waals surface area contributed by atoms with E-state index in [0.717, 1.165) is 28.6 Å². The molecule has 1 fully saturated rings. The summed E-state index contributed by atoms with van der Waals surface area (Å²) in [5.74, 6) is -0.310. The van der Waals surface area contributed by atoms with E-state index in [9.17, 15) is 24.3 Å². The van der Waals surface area contributed by atoms with E-state index in [-0.39, 0.29) is 30.2 Å². The van der Waals surface area contributed by atoms with Crippen molar-refractivity contribution >= 4 is 64.5 Å². The minimum atomic E-state index is -3.44. The van der Waals surface area contributed by atoms with Crippen LogP contribution in [0.25, 0.3) is 0 Å². The smallest absolute Gasteiger partial charge is 0.330 e. The molecule has 0 radical (unpaired) electrons. The van der Waals surface area contributed by atoms with Gasteiger partial charge in [-0.15, -0.1) is 0 Å². The van der Waals surface area contributed by atoms with Gasteiger partial charge in [-0.1, -0.05) is 55.7 Å². The van der Waals surface area contributed by atoms with Gasteiger partial charge in [-0.25, -0.2) is 9.88 Å². The molecule has 222 valence electrons. The fourth-order valence-corrected chi connectivity index (χ4v) is 7.00. The molecule has 5 atom stereocenters. The van der Waals surface area contributed by atoms with E-state index in [1.807, 2.05) is 0 Å². The van der Waals surface area contributed by atoms with Crippen LogP contribution in [0.4, 0.5) is 0 Å². The number of aliphatic hydroxyl groups is 1. The number of thioether (sulfide) groups is 1. The Balaban J connectivity index is 2.16. The van der Waals surface area contributed by atoms with Crippen molar-refractivity contribution in [2.45, 2.75) is 76.5 Å². The fourth-order valence-electron chi connectivity index (χ4n) is 3.13. The standard InChI is InChI=1S/C22H34Cl2N3O9PS2/c1-12(2)35-17(30)13(3)26-37(38,33-9-10-39-19(31)21(4,5)6)34-11-14-16(29)22(23,24)18(36-14)27-8-7-15(28)25-20(27)32/h7-8,12-14,16,18,29H,9-11H2,1-6H3,(H,26,38)(H,25,28,32). The molecule has 1 aromatic rings. The Morgan fingerprint density at radius 1 is 1.31 bits per heavy atom. The molecule has 5 unspecified atom stereocenters. The lowest BCUT2D eigenvalue weighted by atomic mass is 10.00. The van der Waals surface area contributed by atoms with Crippen LogP contribution in [-0.4, -0.2) is 73.4 Å². The number of hydrogen-bond donors (Lipinski definition) is 3. The summed E-state index contributed by atoms with van der Waals surface area (Å²) in [4.78, 5) is 50.3. The van der Waals surface area contributed by atoms with Gasteiger partial charge in [0.25, 0.3) is 12.2 Å². The molecule has 2 rings (SSSR count). The molecule has 0 aliphatic carbocycles. The lowest BCUT2D eigenvalue weighted by molar-refractivity contribution is -0.149. The minimum Gasteiger partial charge on any atom is -0.462 e. The van der Waals surface area contributed by atoms with E-state index in [0.29, 0.717) is 0 Å². The number of hydrogen-bond acceptors (Lipinski definition) is 11. The van der Waals surface area contributed by atoms with Crippen LogP contribution in [0.5, 0.6) is 0 Å². The van der Waals surface area contributed by atoms with Crippen molar-refractivity contribution in [3.05, 3.63) is 33.1 Å². The number of carbonyl (C=O) groups is 2. The van der Waals surface area contributed by atoms with Crippen molar-refractivity contribution in [2.24, 2.45) is 5.41 Å². The molecule has 0 amide bonds. The predicted molar refractivity (Wildman–Crippen MR) is 153 cm³/mol. The average molecular weight is 651 g/mol. The first-order chi connectivity index (χ1) is 17.9. The van der Waals surface area contributed by atoms with Crippen LogP contribution < -0.4 is 16.3 Å². The molecule has 12 nitrogen and oxygen atoms in total. The molecule has 39 heavy (non-hydrogen) atoms. The normalized spacial score (nSPS) is 23.4. The van der Waals surface area contributed by atoms with Gasteiger partial charge in [0.15, 0.2) is 15.7 Å². The Morgan fingerprint density at radius 3 is 2.51 bits per heavy atom. The van der Waals surface area contributed by atoms with Crippen LogP contribution in [0.2, 0.25) is 0 Å². The van der Waals surface area contributed by atoms with Gasteiger partial charge in [0.1, 0.15) is 18.2 Å². The molecule has 0 aromatic carbocycles. The highest BCUT2D eigenvalue weighted by atomic mass is 35.5. The number of aliphatic hydroxyl groups excluding tert-OH is 1. The Hall–Kier alpha value is -0.800. The first-order valence-corrected chi connectivity index (χ1v) is 16.3. The third-order valence-electron chi connectivity index (χ3n) is 5.14. The van der Waals surface area contributed by atoms with Gasteiger partial charge in [-0.3, -0.25) is 23.9 Å². The highest BCUT2D eigenvalue weighted by Gasteiger charge is 2.56. The summed E-state index contributed by atoms with van der Waals surface area (Å²) < 4.78 is 21.6. The number of esters is 1. The summed E-state index contributed by atoms with van der Waals surface area (Å²) in [6.45, 7) is 6.52. The van der Waals surface area contributed by atoms with Crippen molar-refractivity contribution in [3.63, 3.8) is 0 Å². The highest BCUT2D eigenvalue weighted by Crippen LogP contribution is 2.49. The van der Waals surface area contributed by atoms with Crippen molar-refractivity contribution in [1.29, 1.82) is 0 Å². The summed E-state index contributed by atoms with van der Waals surface area (Å²) in [7, 11) is 0. The minimum absolute atomic E-state index is 0.0150. The van der Waals surface area contributed by atoms with E-state index in [1.54, 1.807) is 34.6 Å². The van der Waals surface area contributed by atoms with Crippen LogP contribution in [-0.2, 0) is 39.9 Å². The quantitative estimate of drug-likeness (QED) is 0.132.